The van der Waals surface area contributed by atoms with Crippen molar-refractivity contribution in [3.63, 3.8) is 0 Å². The van der Waals surface area contributed by atoms with E-state index in [9.17, 15) is 17.6 Å². The molecular formula is C30H37F6N5. The molecule has 2 fully saturated rings. The van der Waals surface area contributed by atoms with E-state index in [1.807, 2.05) is 6.92 Å². The largest absolute Gasteiger partial charge is 0.404 e. The number of alkyl halides is 4. The van der Waals surface area contributed by atoms with Crippen molar-refractivity contribution < 1.29 is 26.3 Å². The third kappa shape index (κ3) is 7.24. The van der Waals surface area contributed by atoms with Crippen LogP contribution in [0.15, 0.2) is 36.5 Å². The molecule has 1 spiro atoms. The predicted molar refractivity (Wildman–Crippen MR) is 150 cm³/mol. The number of halogens is 6. The van der Waals surface area contributed by atoms with Gasteiger partial charge in [-0.1, -0.05) is 31.5 Å². The molecule has 0 amide bonds. The van der Waals surface area contributed by atoms with E-state index < -0.39 is 42.6 Å². The van der Waals surface area contributed by atoms with Gasteiger partial charge in [-0.25, -0.2) is 8.78 Å². The van der Waals surface area contributed by atoms with Crippen LogP contribution >= 0.6 is 0 Å². The van der Waals surface area contributed by atoms with Crippen molar-refractivity contribution >= 4 is 17.5 Å². The molecule has 1 heterocycles. The molecule has 5 N–H and O–H groups in total. The summed E-state index contributed by atoms with van der Waals surface area (Å²) in [7, 11) is 0. The highest BCUT2D eigenvalue weighted by molar-refractivity contribution is 6.08. The number of hydrogen-bond donors (Lipinski definition) is 4. The molecule has 1 aliphatic heterocycles. The topological polar surface area (TPSA) is 77.2 Å². The molecule has 5 nitrogen and oxygen atoms in total. The molecule has 0 aromatic heterocycles. The van der Waals surface area contributed by atoms with Gasteiger partial charge in [0, 0.05) is 60.3 Å². The lowest BCUT2D eigenvalue weighted by Crippen LogP contribution is -2.34. The molecule has 4 rings (SSSR count). The van der Waals surface area contributed by atoms with E-state index in [1.165, 1.54) is 12.3 Å². The summed E-state index contributed by atoms with van der Waals surface area (Å²) in [6, 6.07) is 5.61. The Labute approximate surface area is 236 Å². The molecule has 1 aliphatic carbocycles. The summed E-state index contributed by atoms with van der Waals surface area (Å²) in [4.78, 5) is 2.16. The minimum absolute atomic E-state index is 0.0111. The highest BCUT2D eigenvalue weighted by Crippen LogP contribution is 2.53. The average molecular weight is 582 g/mol. The van der Waals surface area contributed by atoms with Crippen LogP contribution in [0.5, 0.6) is 0 Å². The van der Waals surface area contributed by atoms with E-state index in [2.05, 4.69) is 15.5 Å². The number of hydrogen-bond acceptors (Lipinski definition) is 5. The van der Waals surface area contributed by atoms with E-state index in [4.69, 9.17) is 11.1 Å². The zero-order valence-electron chi connectivity index (χ0n) is 23.1. The maximum atomic E-state index is 15.7. The molecule has 1 saturated carbocycles. The fourth-order valence-electron chi connectivity index (χ4n) is 5.90. The maximum absolute atomic E-state index is 15.7. The Morgan fingerprint density at radius 2 is 1.90 bits per heavy atom. The van der Waals surface area contributed by atoms with Crippen LogP contribution in [0.4, 0.5) is 32.0 Å². The molecule has 2 unspecified atom stereocenters. The summed E-state index contributed by atoms with van der Waals surface area (Å²) in [6.07, 6.45) is 1.14. The summed E-state index contributed by atoms with van der Waals surface area (Å²) >= 11 is 0. The Hall–Kier alpha value is -3.05. The van der Waals surface area contributed by atoms with Gasteiger partial charge < -0.3 is 21.4 Å². The van der Waals surface area contributed by atoms with Gasteiger partial charge in [-0.15, -0.1) is 0 Å². The Bertz CT molecular complexity index is 1230. The molecule has 2 aromatic carbocycles. The summed E-state index contributed by atoms with van der Waals surface area (Å²) < 4.78 is 84.0. The van der Waals surface area contributed by atoms with E-state index >= 15 is 8.78 Å². The Kier molecular flexibility index (Phi) is 9.69. The Morgan fingerprint density at radius 1 is 1.20 bits per heavy atom. The first-order chi connectivity index (χ1) is 19.5. The number of anilines is 1. The van der Waals surface area contributed by atoms with Gasteiger partial charge in [0.15, 0.2) is 0 Å². The number of nitrogens with zero attached hydrogens (tertiary/aromatic N) is 1. The van der Waals surface area contributed by atoms with E-state index in [-0.39, 0.29) is 17.1 Å². The zero-order valence-corrected chi connectivity index (χ0v) is 23.1. The second-order valence-corrected chi connectivity index (χ2v) is 11.0. The number of nitrogens with two attached hydrogens (primary N) is 1. The number of rotatable bonds is 13. The quantitative estimate of drug-likeness (QED) is 0.164. The first kappa shape index (κ1) is 30.9. The monoisotopic (exact) mass is 581 g/mol. The van der Waals surface area contributed by atoms with Crippen LogP contribution < -0.4 is 16.4 Å². The van der Waals surface area contributed by atoms with Crippen molar-refractivity contribution in [2.45, 2.75) is 57.3 Å². The second kappa shape index (κ2) is 12.9. The van der Waals surface area contributed by atoms with Gasteiger partial charge in [0.2, 0.25) is 0 Å². The van der Waals surface area contributed by atoms with E-state index in [0.29, 0.717) is 54.6 Å². The van der Waals surface area contributed by atoms with Crippen LogP contribution in [-0.4, -0.2) is 56.2 Å². The standard InChI is InChI=1S/C30H37F6N5/c1-2-4-20-11-19(21(14-37)15-38)5-6-23(20)28(39-17-30(34,35)36)27-24(32)12-22(13-25(27)33)40-26-16-41(10-3-9-31)18-29(26)7-8-29/h5-6,11-15,26,28,37,39-40H,2-4,7-10,16-18,38H2,1H3/b21-15+,37-14?. The van der Waals surface area contributed by atoms with Crippen molar-refractivity contribution in [3.05, 3.63) is 70.4 Å². The maximum Gasteiger partial charge on any atom is 0.401 e. The lowest BCUT2D eigenvalue weighted by atomic mass is 9.89. The zero-order chi connectivity index (χ0) is 29.8. The fraction of sp³-hybridized carbons (Fsp3) is 0.500. The van der Waals surface area contributed by atoms with Crippen molar-refractivity contribution in [2.24, 2.45) is 11.1 Å². The van der Waals surface area contributed by atoms with Gasteiger partial charge in [0.25, 0.3) is 0 Å². The third-order valence-electron chi connectivity index (χ3n) is 8.08. The SMILES string of the molecule is CCCc1cc(/C(C=N)=C/N)ccc1C(NCC(F)(F)F)c1c(F)cc(NC2CN(CCCF)CC23CC3)cc1F. The second-order valence-electron chi connectivity index (χ2n) is 11.0. The van der Waals surface area contributed by atoms with Crippen LogP contribution in [0.25, 0.3) is 5.57 Å². The summed E-state index contributed by atoms with van der Waals surface area (Å²) in [5, 5.41) is 13.2. The molecule has 2 aromatic rings. The fourth-order valence-corrected chi connectivity index (χ4v) is 5.90. The van der Waals surface area contributed by atoms with Crippen molar-refractivity contribution in [1.82, 2.24) is 10.2 Å². The molecule has 0 radical (unpaired) electrons. The number of likely N-dealkylation sites (tertiary alicyclic amines) is 1. The van der Waals surface area contributed by atoms with Crippen molar-refractivity contribution in [1.29, 1.82) is 5.41 Å². The van der Waals surface area contributed by atoms with Crippen molar-refractivity contribution in [2.75, 3.05) is 38.2 Å². The van der Waals surface area contributed by atoms with Crippen LogP contribution in [0.3, 0.4) is 0 Å². The first-order valence-electron chi connectivity index (χ1n) is 13.9. The van der Waals surface area contributed by atoms with Gasteiger partial charge in [-0.2, -0.15) is 13.2 Å². The normalized spacial score (nSPS) is 19.5. The number of nitrogens with one attached hydrogen (secondary N) is 3. The minimum Gasteiger partial charge on any atom is -0.404 e. The lowest BCUT2D eigenvalue weighted by Gasteiger charge is -2.26. The van der Waals surface area contributed by atoms with Gasteiger partial charge in [-0.05, 0) is 54.5 Å². The number of benzene rings is 2. The third-order valence-corrected chi connectivity index (χ3v) is 8.08. The molecule has 2 aliphatic rings. The van der Waals surface area contributed by atoms with E-state index in [1.54, 1.807) is 12.1 Å². The van der Waals surface area contributed by atoms with Crippen LogP contribution in [0.1, 0.15) is 60.9 Å². The minimum atomic E-state index is -4.61. The van der Waals surface area contributed by atoms with Gasteiger partial charge in [0.1, 0.15) is 11.6 Å². The first-order valence-corrected chi connectivity index (χ1v) is 13.9. The average Bonchev–Trinajstić information content (AvgIpc) is 3.61. The summed E-state index contributed by atoms with van der Waals surface area (Å²) in [5.41, 5.74) is 7.22. The van der Waals surface area contributed by atoms with Gasteiger partial charge in [0.05, 0.1) is 19.3 Å². The molecular weight excluding hydrogens is 544 g/mol. The highest BCUT2D eigenvalue weighted by atomic mass is 19.4. The Morgan fingerprint density at radius 3 is 2.46 bits per heavy atom. The van der Waals surface area contributed by atoms with E-state index in [0.717, 1.165) is 37.7 Å². The summed E-state index contributed by atoms with van der Waals surface area (Å²) in [6.45, 7) is 2.08. The molecule has 11 heteroatoms. The predicted octanol–water partition coefficient (Wildman–Crippen LogP) is 6.34. The van der Waals surface area contributed by atoms with Gasteiger partial charge >= 0.3 is 6.18 Å². The molecule has 224 valence electrons. The Balaban J connectivity index is 1.68. The highest BCUT2D eigenvalue weighted by Gasteiger charge is 2.54. The molecule has 1 saturated heterocycles. The molecule has 2 atom stereocenters. The summed E-state index contributed by atoms with van der Waals surface area (Å²) in [5.74, 6) is -1.92. The lowest BCUT2D eigenvalue weighted by molar-refractivity contribution is -0.125. The number of allylic oxidation sites excluding steroid dienone is 1. The van der Waals surface area contributed by atoms with Crippen molar-refractivity contribution in [3.8, 4) is 0 Å². The molecule has 0 bridgehead atoms. The molecule has 41 heavy (non-hydrogen) atoms. The van der Waals surface area contributed by atoms with Crippen LogP contribution in [-0.2, 0) is 6.42 Å². The van der Waals surface area contributed by atoms with Gasteiger partial charge in [-0.3, -0.25) is 9.71 Å². The number of aryl methyl sites for hydroxylation is 1. The smallest absolute Gasteiger partial charge is 0.401 e. The van der Waals surface area contributed by atoms with Crippen LogP contribution in [0, 0.1) is 22.5 Å². The van der Waals surface area contributed by atoms with Crippen LogP contribution in [0.2, 0.25) is 0 Å².